The molecule has 39 heavy (non-hydrogen) atoms. The number of ether oxygens (including phenoxy) is 3. The van der Waals surface area contributed by atoms with Gasteiger partial charge in [0.1, 0.15) is 26.3 Å². The summed E-state index contributed by atoms with van der Waals surface area (Å²) in [6.07, 6.45) is 3.39. The summed E-state index contributed by atoms with van der Waals surface area (Å²) in [6.45, 7) is 21.2. The second-order valence-corrected chi connectivity index (χ2v) is 13.3. The van der Waals surface area contributed by atoms with Crippen LogP contribution in [0.3, 0.4) is 0 Å². The molecular formula is C30H50N2O7. The van der Waals surface area contributed by atoms with Gasteiger partial charge in [-0.1, -0.05) is 67.5 Å². The maximum absolute atomic E-state index is 11.0. The molecule has 1 fully saturated rings. The number of rotatable bonds is 0. The van der Waals surface area contributed by atoms with Gasteiger partial charge in [0.15, 0.2) is 0 Å². The molecule has 4 unspecified atom stereocenters. The van der Waals surface area contributed by atoms with Crippen molar-refractivity contribution in [2.75, 3.05) is 32.9 Å². The second kappa shape index (κ2) is 13.5. The fourth-order valence-corrected chi connectivity index (χ4v) is 3.27. The Morgan fingerprint density at radius 2 is 1.18 bits per heavy atom. The molecule has 0 spiro atoms. The molecule has 4 aliphatic rings. The van der Waals surface area contributed by atoms with Crippen LogP contribution in [-0.2, 0) is 28.6 Å². The summed E-state index contributed by atoms with van der Waals surface area (Å²) in [5, 5.41) is 3.82. The molecule has 0 saturated carbocycles. The van der Waals surface area contributed by atoms with E-state index in [4.69, 9.17) is 10.3 Å². The summed E-state index contributed by atoms with van der Waals surface area (Å²) < 4.78 is 42.6. The molecule has 1 saturated heterocycles. The number of amides is 1. The molecule has 0 aromatic carbocycles. The average Bonchev–Trinajstić information content (AvgIpc) is 3.55. The van der Waals surface area contributed by atoms with E-state index in [9.17, 15) is 14.4 Å². The summed E-state index contributed by atoms with van der Waals surface area (Å²) in [7, 11) is 0. The van der Waals surface area contributed by atoms with Gasteiger partial charge in [0.2, 0.25) is 0 Å². The van der Waals surface area contributed by atoms with Crippen LogP contribution in [0.1, 0.15) is 95.0 Å². The minimum atomic E-state index is -0.795. The smallest absolute Gasteiger partial charge is 0.410 e. The Morgan fingerprint density at radius 3 is 1.33 bits per heavy atom. The van der Waals surface area contributed by atoms with Gasteiger partial charge in [-0.15, -0.1) is 0 Å². The lowest BCUT2D eigenvalue weighted by Gasteiger charge is -2.28. The number of hydrogen-bond acceptors (Lipinski definition) is 8. The first-order chi connectivity index (χ1) is 19.2. The first kappa shape index (κ1) is 27.7. The van der Waals surface area contributed by atoms with Crippen LogP contribution in [0, 0.1) is 16.2 Å². The van der Waals surface area contributed by atoms with E-state index in [1.165, 1.54) is 0 Å². The van der Waals surface area contributed by atoms with Crippen molar-refractivity contribution in [3.05, 3.63) is 23.3 Å². The zero-order valence-corrected chi connectivity index (χ0v) is 25.6. The highest BCUT2D eigenvalue weighted by atomic mass is 16.6. The van der Waals surface area contributed by atoms with Crippen molar-refractivity contribution in [2.24, 2.45) is 21.4 Å². The maximum Gasteiger partial charge on any atom is 0.410 e. The summed E-state index contributed by atoms with van der Waals surface area (Å²) in [5.41, 5.74) is 1.64. The highest BCUT2D eigenvalue weighted by Crippen LogP contribution is 2.29. The van der Waals surface area contributed by atoms with Crippen molar-refractivity contribution in [1.82, 2.24) is 4.90 Å². The second-order valence-electron chi connectivity index (χ2n) is 13.3. The maximum atomic E-state index is 11.0. The first-order valence-corrected chi connectivity index (χ1v) is 13.0. The van der Waals surface area contributed by atoms with E-state index in [2.05, 4.69) is 40.1 Å². The molecule has 4 rings (SSSR count). The van der Waals surface area contributed by atoms with Crippen molar-refractivity contribution in [1.29, 1.82) is 0 Å². The Hall–Kier alpha value is -2.84. The van der Waals surface area contributed by atoms with Gasteiger partial charge in [-0.05, 0) is 43.8 Å². The van der Waals surface area contributed by atoms with Gasteiger partial charge in [-0.25, -0.2) is 14.4 Å². The highest BCUT2D eigenvalue weighted by molar-refractivity contribution is 5.92. The number of carbonyl (C=O) groups is 3. The largest absolute Gasteiger partial charge is 0.458 e. The SMILES string of the molecule is [2H]C1C=C(C(C)(C)C)C(=O)O1.[2H]C1C=C(C(C)(C)C)C(=O)O1.[2H]C1CC(C(C)(C)C)=NO1.[2H]C1CN(C(C)(C)C)C(=O)O1. The Labute approximate surface area is 240 Å². The van der Waals surface area contributed by atoms with E-state index in [1.54, 1.807) is 17.1 Å². The molecule has 4 heterocycles. The zero-order valence-electron chi connectivity index (χ0n) is 29.6. The third-order valence-corrected chi connectivity index (χ3v) is 5.73. The molecule has 9 heteroatoms. The van der Waals surface area contributed by atoms with Crippen LogP contribution < -0.4 is 0 Å². The Kier molecular flexibility index (Phi) is 9.58. The van der Waals surface area contributed by atoms with Crippen LogP contribution in [0.25, 0.3) is 0 Å². The van der Waals surface area contributed by atoms with E-state index in [1.807, 2.05) is 62.3 Å². The predicted octanol–water partition coefficient (Wildman–Crippen LogP) is 6.08. The lowest BCUT2D eigenvalue weighted by atomic mass is 9.87. The lowest BCUT2D eigenvalue weighted by molar-refractivity contribution is -0.137. The third kappa shape index (κ3) is 11.4. The molecule has 4 aliphatic heterocycles. The molecule has 0 N–H and O–H groups in total. The Bertz CT molecular complexity index is 1060. The van der Waals surface area contributed by atoms with Gasteiger partial charge in [0, 0.05) is 28.5 Å². The first-order valence-electron chi connectivity index (χ1n) is 15.3. The Morgan fingerprint density at radius 1 is 0.718 bits per heavy atom. The van der Waals surface area contributed by atoms with E-state index < -0.39 is 26.3 Å². The highest BCUT2D eigenvalue weighted by Gasteiger charge is 2.32. The number of esters is 2. The van der Waals surface area contributed by atoms with E-state index in [0.29, 0.717) is 24.1 Å². The van der Waals surface area contributed by atoms with E-state index in [0.717, 1.165) is 5.71 Å². The minimum Gasteiger partial charge on any atom is -0.458 e. The van der Waals surface area contributed by atoms with Crippen molar-refractivity contribution in [3.63, 3.8) is 0 Å². The van der Waals surface area contributed by atoms with Crippen molar-refractivity contribution >= 4 is 23.7 Å². The summed E-state index contributed by atoms with van der Waals surface area (Å²) >= 11 is 0. The number of hydrogen-bond donors (Lipinski definition) is 0. The number of nitrogens with zero attached hydrogens (tertiary/aromatic N) is 2. The van der Waals surface area contributed by atoms with Gasteiger partial charge in [-0.3, -0.25) is 4.90 Å². The van der Waals surface area contributed by atoms with Gasteiger partial charge < -0.3 is 19.0 Å². The number of cyclic esters (lactones) is 3. The standard InChI is InChI=1S/2C8H12O2.C7H13NO2.C7H13NO/c2*1-8(2,3)6-4-5-10-7(6)9;1-7(2,3)8-4-5-10-6(8)9;1-7(2,3)6-4-5-9-8-6/h2*4H,5H2,1-3H3;4-5H2,1-3H3;4-5H2,1-3H3/i4*5D. The molecule has 0 aliphatic carbocycles. The topological polar surface area (TPSA) is 104 Å². The van der Waals surface area contributed by atoms with Gasteiger partial charge in [0.05, 0.1) is 17.7 Å². The van der Waals surface area contributed by atoms with Crippen LogP contribution in [0.4, 0.5) is 4.79 Å². The Balaban J connectivity index is 0.000000287. The monoisotopic (exact) mass is 554 g/mol. The van der Waals surface area contributed by atoms with Crippen molar-refractivity contribution < 1.29 is 38.9 Å². The van der Waals surface area contributed by atoms with Crippen molar-refractivity contribution in [2.45, 2.75) is 95.0 Å². The third-order valence-electron chi connectivity index (χ3n) is 5.73. The zero-order chi connectivity index (χ0) is 33.7. The van der Waals surface area contributed by atoms with Crippen LogP contribution in [-0.4, -0.2) is 67.1 Å². The molecule has 0 bridgehead atoms. The molecular weight excluding hydrogens is 500 g/mol. The molecule has 0 aromatic heterocycles. The molecule has 222 valence electrons. The fraction of sp³-hybridized carbons (Fsp3) is 0.733. The number of carbonyl (C=O) groups excluding carboxylic acids is 3. The minimum absolute atomic E-state index is 0.0653. The summed E-state index contributed by atoms with van der Waals surface area (Å²) in [4.78, 5) is 39.4. The van der Waals surface area contributed by atoms with E-state index in [-0.39, 0.29) is 39.8 Å². The van der Waals surface area contributed by atoms with Crippen LogP contribution >= 0.6 is 0 Å². The molecule has 4 atom stereocenters. The fourth-order valence-electron chi connectivity index (χ4n) is 3.27. The summed E-state index contributed by atoms with van der Waals surface area (Å²) in [5.74, 6) is -0.699. The normalized spacial score (nSPS) is 28.1. The predicted molar refractivity (Wildman–Crippen MR) is 152 cm³/mol. The van der Waals surface area contributed by atoms with Crippen LogP contribution in [0.5, 0.6) is 0 Å². The molecule has 0 radical (unpaired) electrons. The van der Waals surface area contributed by atoms with Crippen LogP contribution in [0.2, 0.25) is 0 Å². The molecule has 1 amide bonds. The lowest BCUT2D eigenvalue weighted by Crippen LogP contribution is -2.41. The van der Waals surface area contributed by atoms with Crippen molar-refractivity contribution in [3.8, 4) is 0 Å². The summed E-state index contributed by atoms with van der Waals surface area (Å²) in [6, 6.07) is 0. The van der Waals surface area contributed by atoms with E-state index >= 15 is 0 Å². The quantitative estimate of drug-likeness (QED) is 0.264. The molecule has 0 aromatic rings. The average molecular weight is 555 g/mol. The van der Waals surface area contributed by atoms with Crippen LogP contribution in [0.15, 0.2) is 28.5 Å². The van der Waals surface area contributed by atoms with Gasteiger partial charge >= 0.3 is 18.0 Å². The molecule has 9 nitrogen and oxygen atoms in total. The number of oxime groups is 1. The van der Waals surface area contributed by atoms with Gasteiger partial charge in [-0.2, -0.15) is 0 Å². The van der Waals surface area contributed by atoms with Gasteiger partial charge in [0.25, 0.3) is 0 Å².